The summed E-state index contributed by atoms with van der Waals surface area (Å²) in [6, 6.07) is 15.1. The smallest absolute Gasteiger partial charge is 0.244 e. The van der Waals surface area contributed by atoms with Crippen LogP contribution in [0.4, 0.5) is 0 Å². The summed E-state index contributed by atoms with van der Waals surface area (Å²) < 4.78 is 6.77. The van der Waals surface area contributed by atoms with Gasteiger partial charge in [0.15, 0.2) is 0 Å². The summed E-state index contributed by atoms with van der Waals surface area (Å²) in [5.74, 6) is -0.0694. The van der Waals surface area contributed by atoms with E-state index in [0.29, 0.717) is 18.2 Å². The highest BCUT2D eigenvalue weighted by molar-refractivity contribution is 6.31. The number of methoxy groups -OCH3 is 1. The van der Waals surface area contributed by atoms with Gasteiger partial charge in [-0.25, -0.2) is 0 Å². The lowest BCUT2D eigenvalue weighted by atomic mass is 10.1. The second kappa shape index (κ2) is 8.34. The van der Waals surface area contributed by atoms with Crippen molar-refractivity contribution < 1.29 is 9.53 Å². The zero-order valence-corrected chi connectivity index (χ0v) is 15.7. The van der Waals surface area contributed by atoms with Crippen LogP contribution in [0.1, 0.15) is 19.4 Å². The van der Waals surface area contributed by atoms with E-state index >= 15 is 0 Å². The number of carbonyl (C=O) groups is 1. The van der Waals surface area contributed by atoms with E-state index in [2.05, 4.69) is 5.32 Å². The number of halogens is 1. The summed E-state index contributed by atoms with van der Waals surface area (Å²) in [7, 11) is 1.65. The van der Waals surface area contributed by atoms with E-state index in [9.17, 15) is 4.79 Å². The van der Waals surface area contributed by atoms with E-state index in [1.807, 2.05) is 55.5 Å². The summed E-state index contributed by atoms with van der Waals surface area (Å²) >= 11 is 6.20. The van der Waals surface area contributed by atoms with Crippen LogP contribution >= 0.6 is 11.6 Å². The van der Waals surface area contributed by atoms with E-state index in [1.54, 1.807) is 11.8 Å². The summed E-state index contributed by atoms with van der Waals surface area (Å²) in [6.45, 7) is 3.05. The number of nitrogens with zero attached hydrogens (tertiary/aromatic N) is 2. The minimum atomic E-state index is -0.432. The van der Waals surface area contributed by atoms with Crippen molar-refractivity contribution in [2.45, 2.75) is 19.4 Å². The lowest BCUT2D eigenvalue weighted by Gasteiger charge is -2.14. The van der Waals surface area contributed by atoms with Crippen LogP contribution in [0.3, 0.4) is 0 Å². The molecular weight excluding hydrogens is 350 g/mol. The number of ether oxygens (including phenoxy) is 1. The Bertz CT molecular complexity index is 893. The molecule has 3 aromatic rings. The molecule has 1 atom stereocenters. The van der Waals surface area contributed by atoms with Crippen molar-refractivity contribution >= 4 is 28.4 Å². The number of amides is 1. The van der Waals surface area contributed by atoms with Crippen LogP contribution in [0.15, 0.2) is 48.5 Å². The number of rotatable bonds is 7. The number of fused-ring (bicyclic) bond motifs is 1. The molecule has 2 aromatic carbocycles. The van der Waals surface area contributed by atoms with Crippen LogP contribution in [0.2, 0.25) is 5.02 Å². The molecule has 1 aromatic heterocycles. The first kappa shape index (κ1) is 18.4. The quantitative estimate of drug-likeness (QED) is 0.637. The number of nitrogens with one attached hydrogen (secondary N) is 1. The second-order valence-electron chi connectivity index (χ2n) is 6.13. The average molecular weight is 372 g/mol. The van der Waals surface area contributed by atoms with Crippen LogP contribution in [0.5, 0.6) is 0 Å². The fourth-order valence-corrected chi connectivity index (χ4v) is 3.08. The maximum atomic E-state index is 12.5. The van der Waals surface area contributed by atoms with Gasteiger partial charge < -0.3 is 10.1 Å². The fraction of sp³-hybridized carbons (Fsp3) is 0.300. The van der Waals surface area contributed by atoms with Gasteiger partial charge in [0.05, 0.1) is 5.52 Å². The standard InChI is InChI=1S/C20H22ClN3O2/c1-14(20(25)22-11-6-12-26-2)24-18-10-9-16(21)13-17(18)19(23-24)15-7-4-3-5-8-15/h3-5,7-10,13-14H,6,11-12H2,1-2H3,(H,22,25). The molecule has 26 heavy (non-hydrogen) atoms. The highest BCUT2D eigenvalue weighted by Gasteiger charge is 2.21. The Hall–Kier alpha value is -2.37. The lowest BCUT2D eigenvalue weighted by molar-refractivity contribution is -0.124. The molecule has 1 heterocycles. The Morgan fingerprint density at radius 3 is 2.77 bits per heavy atom. The zero-order valence-electron chi connectivity index (χ0n) is 14.9. The number of benzene rings is 2. The van der Waals surface area contributed by atoms with Gasteiger partial charge in [-0.05, 0) is 31.5 Å². The summed E-state index contributed by atoms with van der Waals surface area (Å²) in [6.07, 6.45) is 0.777. The van der Waals surface area contributed by atoms with Crippen LogP contribution in [-0.4, -0.2) is 35.9 Å². The molecule has 0 spiro atoms. The highest BCUT2D eigenvalue weighted by atomic mass is 35.5. The molecule has 0 aliphatic rings. The maximum Gasteiger partial charge on any atom is 0.244 e. The van der Waals surface area contributed by atoms with Crippen molar-refractivity contribution in [2.24, 2.45) is 0 Å². The number of carbonyl (C=O) groups excluding carboxylic acids is 1. The number of hydrogen-bond acceptors (Lipinski definition) is 3. The Morgan fingerprint density at radius 2 is 2.04 bits per heavy atom. The first-order chi connectivity index (χ1) is 12.6. The van der Waals surface area contributed by atoms with Gasteiger partial charge in [0.1, 0.15) is 11.7 Å². The monoisotopic (exact) mass is 371 g/mol. The Labute approximate surface area is 157 Å². The largest absolute Gasteiger partial charge is 0.385 e. The van der Waals surface area contributed by atoms with E-state index in [-0.39, 0.29) is 5.91 Å². The SMILES string of the molecule is COCCCNC(=O)C(C)n1nc(-c2ccccc2)c2cc(Cl)ccc21. The van der Waals surface area contributed by atoms with Crippen LogP contribution in [-0.2, 0) is 9.53 Å². The molecule has 0 radical (unpaired) electrons. The normalized spacial score (nSPS) is 12.3. The molecular formula is C20H22ClN3O2. The van der Waals surface area contributed by atoms with Crippen LogP contribution in [0, 0.1) is 0 Å². The van der Waals surface area contributed by atoms with Gasteiger partial charge in [-0.2, -0.15) is 5.10 Å². The zero-order chi connectivity index (χ0) is 18.5. The topological polar surface area (TPSA) is 56.1 Å². The fourth-order valence-electron chi connectivity index (χ4n) is 2.90. The van der Waals surface area contributed by atoms with Crippen molar-refractivity contribution in [3.8, 4) is 11.3 Å². The Balaban J connectivity index is 1.95. The van der Waals surface area contributed by atoms with Crippen molar-refractivity contribution in [1.29, 1.82) is 0 Å². The van der Waals surface area contributed by atoms with E-state index < -0.39 is 6.04 Å². The van der Waals surface area contributed by atoms with Crippen LogP contribution < -0.4 is 5.32 Å². The molecule has 1 unspecified atom stereocenters. The van der Waals surface area contributed by atoms with Crippen molar-refractivity contribution in [2.75, 3.05) is 20.3 Å². The highest BCUT2D eigenvalue weighted by Crippen LogP contribution is 2.31. The summed E-state index contributed by atoms with van der Waals surface area (Å²) in [5, 5.41) is 9.25. The average Bonchev–Trinajstić information content (AvgIpc) is 3.03. The number of hydrogen-bond donors (Lipinski definition) is 1. The van der Waals surface area contributed by atoms with E-state index in [0.717, 1.165) is 28.6 Å². The molecule has 0 saturated heterocycles. The van der Waals surface area contributed by atoms with Crippen molar-refractivity contribution in [3.05, 3.63) is 53.6 Å². The first-order valence-electron chi connectivity index (χ1n) is 8.61. The molecule has 5 nitrogen and oxygen atoms in total. The molecule has 0 fully saturated rings. The third-order valence-electron chi connectivity index (χ3n) is 4.29. The van der Waals surface area contributed by atoms with Crippen molar-refractivity contribution in [1.82, 2.24) is 15.1 Å². The molecule has 0 bridgehead atoms. The Kier molecular flexibility index (Phi) is 5.91. The maximum absolute atomic E-state index is 12.5. The van der Waals surface area contributed by atoms with E-state index in [4.69, 9.17) is 21.4 Å². The molecule has 0 aliphatic heterocycles. The third-order valence-corrected chi connectivity index (χ3v) is 4.52. The summed E-state index contributed by atoms with van der Waals surface area (Å²) in [5.41, 5.74) is 2.70. The van der Waals surface area contributed by atoms with Crippen molar-refractivity contribution in [3.63, 3.8) is 0 Å². The van der Waals surface area contributed by atoms with Gasteiger partial charge in [0.2, 0.25) is 5.91 Å². The molecule has 6 heteroatoms. The molecule has 1 N–H and O–H groups in total. The van der Waals surface area contributed by atoms with Gasteiger partial charge in [-0.1, -0.05) is 41.9 Å². The van der Waals surface area contributed by atoms with Gasteiger partial charge in [-0.15, -0.1) is 0 Å². The molecule has 0 aliphatic carbocycles. The minimum Gasteiger partial charge on any atom is -0.385 e. The van der Waals surface area contributed by atoms with Gasteiger partial charge >= 0.3 is 0 Å². The lowest BCUT2D eigenvalue weighted by Crippen LogP contribution is -2.32. The minimum absolute atomic E-state index is 0.0694. The molecule has 0 saturated carbocycles. The molecule has 136 valence electrons. The third kappa shape index (κ3) is 3.89. The van der Waals surface area contributed by atoms with Gasteiger partial charge in [0.25, 0.3) is 0 Å². The van der Waals surface area contributed by atoms with Gasteiger partial charge in [-0.3, -0.25) is 9.48 Å². The van der Waals surface area contributed by atoms with Crippen LogP contribution in [0.25, 0.3) is 22.2 Å². The predicted molar refractivity (Wildman–Crippen MR) is 104 cm³/mol. The Morgan fingerprint density at radius 1 is 1.27 bits per heavy atom. The number of aromatic nitrogens is 2. The van der Waals surface area contributed by atoms with Gasteiger partial charge in [0, 0.05) is 36.2 Å². The van der Waals surface area contributed by atoms with E-state index in [1.165, 1.54) is 0 Å². The molecule has 1 amide bonds. The molecule has 3 rings (SSSR count). The second-order valence-corrected chi connectivity index (χ2v) is 6.57. The first-order valence-corrected chi connectivity index (χ1v) is 8.99. The summed E-state index contributed by atoms with van der Waals surface area (Å²) in [4.78, 5) is 12.5. The predicted octanol–water partition coefficient (Wildman–Crippen LogP) is 4.07.